The third-order valence-corrected chi connectivity index (χ3v) is 3.68. The summed E-state index contributed by atoms with van der Waals surface area (Å²) in [5, 5.41) is 6.19. The number of carbonyl (C=O) groups is 1. The van der Waals surface area contributed by atoms with E-state index >= 15 is 0 Å². The van der Waals surface area contributed by atoms with Gasteiger partial charge in [0.05, 0.1) is 0 Å². The van der Waals surface area contributed by atoms with Crippen molar-refractivity contribution in [2.45, 2.75) is 0 Å². The lowest BCUT2D eigenvalue weighted by molar-refractivity contribution is 0.0942. The Balaban J connectivity index is 0.00000192. The summed E-state index contributed by atoms with van der Waals surface area (Å²) in [4.78, 5) is 18.6. The maximum Gasteiger partial charge on any atom is 0.273 e. The summed E-state index contributed by atoms with van der Waals surface area (Å²) in [6.07, 6.45) is 1.41. The van der Waals surface area contributed by atoms with E-state index in [2.05, 4.69) is 20.5 Å². The van der Waals surface area contributed by atoms with E-state index in [4.69, 9.17) is 4.42 Å². The van der Waals surface area contributed by atoms with Gasteiger partial charge in [-0.15, -0.1) is 12.4 Å². The van der Waals surface area contributed by atoms with Crippen molar-refractivity contribution >= 4 is 18.3 Å². The Kier molecular flexibility index (Phi) is 6.58. The lowest BCUT2D eigenvalue weighted by Crippen LogP contribution is -2.46. The van der Waals surface area contributed by atoms with Gasteiger partial charge in [-0.2, -0.15) is 0 Å². The van der Waals surface area contributed by atoms with Crippen molar-refractivity contribution < 1.29 is 9.21 Å². The van der Waals surface area contributed by atoms with Crippen LogP contribution in [0.4, 0.5) is 0 Å². The maximum absolute atomic E-state index is 12.1. The predicted octanol–water partition coefficient (Wildman–Crippen LogP) is 1.40. The van der Waals surface area contributed by atoms with Crippen LogP contribution in [0, 0.1) is 0 Å². The number of aromatic nitrogens is 1. The standard InChI is InChI=1S/C16H20N4O2.ClH/c21-15(18-8-11-20-9-6-17-7-10-20)14-12-22-16(19-14)13-4-2-1-3-5-13;/h1-5,12,17H,6-11H2,(H,18,21);1H. The molecule has 23 heavy (non-hydrogen) atoms. The van der Waals surface area contributed by atoms with Gasteiger partial charge in [-0.3, -0.25) is 9.69 Å². The highest BCUT2D eigenvalue weighted by molar-refractivity contribution is 5.92. The van der Waals surface area contributed by atoms with Gasteiger partial charge >= 0.3 is 0 Å². The molecule has 2 heterocycles. The SMILES string of the molecule is Cl.O=C(NCCN1CCNCC1)c1coc(-c2ccccc2)n1. The molecule has 1 aliphatic rings. The Bertz CT molecular complexity index is 612. The number of benzene rings is 1. The Hall–Kier alpha value is -1.89. The van der Waals surface area contributed by atoms with Crippen LogP contribution < -0.4 is 10.6 Å². The molecule has 0 bridgehead atoms. The van der Waals surface area contributed by atoms with Gasteiger partial charge in [-0.25, -0.2) is 4.98 Å². The normalized spacial score (nSPS) is 15.0. The average Bonchev–Trinajstić information content (AvgIpc) is 3.07. The molecule has 124 valence electrons. The predicted molar refractivity (Wildman–Crippen MR) is 90.8 cm³/mol. The summed E-state index contributed by atoms with van der Waals surface area (Å²) in [6, 6.07) is 9.55. The molecule has 2 aromatic rings. The van der Waals surface area contributed by atoms with Gasteiger partial charge < -0.3 is 15.1 Å². The first kappa shape index (κ1) is 17.5. The number of rotatable bonds is 5. The third kappa shape index (κ3) is 4.79. The number of nitrogens with one attached hydrogen (secondary N) is 2. The van der Waals surface area contributed by atoms with Gasteiger partial charge in [0, 0.05) is 44.8 Å². The summed E-state index contributed by atoms with van der Waals surface area (Å²) < 4.78 is 5.38. The van der Waals surface area contributed by atoms with E-state index in [0.717, 1.165) is 38.3 Å². The maximum atomic E-state index is 12.1. The molecule has 0 aliphatic carbocycles. The zero-order valence-electron chi connectivity index (χ0n) is 12.8. The van der Waals surface area contributed by atoms with E-state index in [1.807, 2.05) is 30.3 Å². The molecule has 1 aromatic heterocycles. The average molecular weight is 337 g/mol. The summed E-state index contributed by atoms with van der Waals surface area (Å²) >= 11 is 0. The van der Waals surface area contributed by atoms with Crippen molar-refractivity contribution in [3.63, 3.8) is 0 Å². The van der Waals surface area contributed by atoms with Crippen LogP contribution in [-0.4, -0.2) is 55.1 Å². The van der Waals surface area contributed by atoms with Crippen molar-refractivity contribution in [1.82, 2.24) is 20.5 Å². The van der Waals surface area contributed by atoms with E-state index in [1.165, 1.54) is 6.26 Å². The number of hydrogen-bond donors (Lipinski definition) is 2. The summed E-state index contributed by atoms with van der Waals surface area (Å²) in [5.41, 5.74) is 1.18. The Morgan fingerprint density at radius 3 is 2.74 bits per heavy atom. The first-order valence-electron chi connectivity index (χ1n) is 7.55. The molecule has 7 heteroatoms. The fraction of sp³-hybridized carbons (Fsp3) is 0.375. The van der Waals surface area contributed by atoms with Crippen LogP contribution >= 0.6 is 12.4 Å². The molecule has 3 rings (SSSR count). The molecule has 1 fully saturated rings. The van der Waals surface area contributed by atoms with Crippen molar-refractivity contribution in [1.29, 1.82) is 0 Å². The fourth-order valence-electron chi connectivity index (χ4n) is 2.44. The van der Waals surface area contributed by atoms with Crippen molar-refractivity contribution in [2.24, 2.45) is 0 Å². The monoisotopic (exact) mass is 336 g/mol. The van der Waals surface area contributed by atoms with Gasteiger partial charge in [-0.05, 0) is 12.1 Å². The molecule has 1 aromatic carbocycles. The van der Waals surface area contributed by atoms with Gasteiger partial charge in [0.25, 0.3) is 5.91 Å². The number of halogens is 1. The van der Waals surface area contributed by atoms with Crippen molar-refractivity contribution in [3.8, 4) is 11.5 Å². The van der Waals surface area contributed by atoms with Crippen LogP contribution in [0.2, 0.25) is 0 Å². The van der Waals surface area contributed by atoms with E-state index in [-0.39, 0.29) is 18.3 Å². The van der Waals surface area contributed by atoms with E-state index in [9.17, 15) is 4.79 Å². The largest absolute Gasteiger partial charge is 0.444 e. The first-order chi connectivity index (χ1) is 10.8. The second-order valence-corrected chi connectivity index (χ2v) is 5.25. The first-order valence-corrected chi connectivity index (χ1v) is 7.55. The molecule has 0 radical (unpaired) electrons. The minimum absolute atomic E-state index is 0. The smallest absolute Gasteiger partial charge is 0.273 e. The fourth-order valence-corrected chi connectivity index (χ4v) is 2.44. The molecule has 0 saturated carbocycles. The van der Waals surface area contributed by atoms with E-state index in [0.29, 0.717) is 18.1 Å². The second-order valence-electron chi connectivity index (χ2n) is 5.25. The molecule has 0 unspecified atom stereocenters. The highest BCUT2D eigenvalue weighted by atomic mass is 35.5. The Morgan fingerprint density at radius 1 is 1.26 bits per heavy atom. The summed E-state index contributed by atoms with van der Waals surface area (Å²) in [7, 11) is 0. The van der Waals surface area contributed by atoms with Crippen molar-refractivity contribution in [2.75, 3.05) is 39.3 Å². The molecule has 1 aliphatic heterocycles. The van der Waals surface area contributed by atoms with Crippen molar-refractivity contribution in [3.05, 3.63) is 42.3 Å². The van der Waals surface area contributed by atoms with Crippen LogP contribution in [0.5, 0.6) is 0 Å². The number of hydrogen-bond acceptors (Lipinski definition) is 5. The highest BCUT2D eigenvalue weighted by Crippen LogP contribution is 2.17. The second kappa shape index (κ2) is 8.67. The van der Waals surface area contributed by atoms with E-state index < -0.39 is 0 Å². The molecular formula is C16H21ClN4O2. The minimum Gasteiger partial charge on any atom is -0.444 e. The number of nitrogens with zero attached hydrogens (tertiary/aromatic N) is 2. The van der Waals surface area contributed by atoms with Gasteiger partial charge in [-0.1, -0.05) is 18.2 Å². The van der Waals surface area contributed by atoms with Crippen LogP contribution in [0.1, 0.15) is 10.5 Å². The zero-order valence-corrected chi connectivity index (χ0v) is 13.6. The summed E-state index contributed by atoms with van der Waals surface area (Å²) in [5.74, 6) is 0.272. The van der Waals surface area contributed by atoms with Gasteiger partial charge in [0.2, 0.25) is 5.89 Å². The number of piperazine rings is 1. The van der Waals surface area contributed by atoms with Gasteiger partial charge in [0.1, 0.15) is 6.26 Å². The molecule has 0 spiro atoms. The van der Waals surface area contributed by atoms with Crippen LogP contribution in [0.3, 0.4) is 0 Å². The van der Waals surface area contributed by atoms with Crippen LogP contribution in [-0.2, 0) is 0 Å². The number of carbonyl (C=O) groups excluding carboxylic acids is 1. The molecular weight excluding hydrogens is 316 g/mol. The van der Waals surface area contributed by atoms with E-state index in [1.54, 1.807) is 0 Å². The zero-order chi connectivity index (χ0) is 15.2. The lowest BCUT2D eigenvalue weighted by atomic mass is 10.2. The van der Waals surface area contributed by atoms with Crippen LogP contribution in [0.25, 0.3) is 11.5 Å². The number of amides is 1. The number of oxazole rings is 1. The Labute approximate surface area is 141 Å². The topological polar surface area (TPSA) is 70.4 Å². The lowest BCUT2D eigenvalue weighted by Gasteiger charge is -2.26. The quantitative estimate of drug-likeness (QED) is 0.863. The Morgan fingerprint density at radius 2 is 2.00 bits per heavy atom. The molecule has 1 amide bonds. The molecule has 0 atom stereocenters. The van der Waals surface area contributed by atoms with Crippen LogP contribution in [0.15, 0.2) is 41.0 Å². The van der Waals surface area contributed by atoms with Gasteiger partial charge in [0.15, 0.2) is 5.69 Å². The molecule has 2 N–H and O–H groups in total. The third-order valence-electron chi connectivity index (χ3n) is 3.68. The molecule has 1 saturated heterocycles. The minimum atomic E-state index is -0.193. The summed E-state index contributed by atoms with van der Waals surface area (Å²) in [6.45, 7) is 5.55. The molecule has 6 nitrogen and oxygen atoms in total. The highest BCUT2D eigenvalue weighted by Gasteiger charge is 2.14.